The summed E-state index contributed by atoms with van der Waals surface area (Å²) in [5.41, 5.74) is -0.725. The van der Waals surface area contributed by atoms with Crippen LogP contribution in [0.5, 0.6) is 11.5 Å². The van der Waals surface area contributed by atoms with Crippen molar-refractivity contribution < 1.29 is 31.2 Å². The Morgan fingerprint density at radius 2 is 1.59 bits per heavy atom. The molecule has 1 aliphatic heterocycles. The molecular weight excluding hydrogens is 252 g/mol. The van der Waals surface area contributed by atoms with Gasteiger partial charge in [0.25, 0.3) is 0 Å². The number of benzene rings is 1. The Bertz CT molecular complexity index is 629. The van der Waals surface area contributed by atoms with Gasteiger partial charge in [-0.25, -0.2) is 0 Å². The van der Waals surface area contributed by atoms with Crippen LogP contribution in [0, 0.1) is 0 Å². The normalized spacial score (nSPS) is 15.3. The molecule has 0 N–H and O–H groups in total. The second-order valence-corrected chi connectivity index (χ2v) is 4.20. The molecule has 0 radical (unpaired) electrons. The van der Waals surface area contributed by atoms with Gasteiger partial charge in [0.05, 0.1) is 5.56 Å². The Morgan fingerprint density at radius 3 is 2.12 bits per heavy atom. The summed E-state index contributed by atoms with van der Waals surface area (Å²) in [5.74, 6) is -0.674. The minimum absolute atomic E-state index is 0.151. The second-order valence-electron chi connectivity index (χ2n) is 3.05. The van der Waals surface area contributed by atoms with Gasteiger partial charge in [-0.1, -0.05) is 0 Å². The number of hydrogen-bond acceptors (Lipinski definition) is 7. The number of hydrogen-bond donors (Lipinski definition) is 0. The van der Waals surface area contributed by atoms with Crippen LogP contribution in [-0.2, 0) is 10.4 Å². The third-order valence-electron chi connectivity index (χ3n) is 2.10. The summed E-state index contributed by atoms with van der Waals surface area (Å²) in [6.45, 7) is 0. The van der Waals surface area contributed by atoms with E-state index < -0.39 is 10.4 Å². The zero-order valence-electron chi connectivity index (χ0n) is 8.08. The molecule has 0 saturated heterocycles. The molecule has 0 unspecified atom stereocenters. The molecule has 17 heavy (non-hydrogen) atoms. The molecule has 0 aromatic heterocycles. The van der Waals surface area contributed by atoms with Crippen LogP contribution in [0.25, 0.3) is 0 Å². The molecule has 1 aromatic carbocycles. The molecule has 1 heterocycles. The fourth-order valence-electron chi connectivity index (χ4n) is 1.42. The molecule has 0 amide bonds. The Morgan fingerprint density at radius 1 is 0.941 bits per heavy atom. The summed E-state index contributed by atoms with van der Waals surface area (Å²) >= 11 is 0. The molecule has 1 aromatic rings. The number of rotatable bonds is 3. The van der Waals surface area contributed by atoms with E-state index in [2.05, 4.69) is 8.37 Å². The summed E-state index contributed by atoms with van der Waals surface area (Å²) in [6.07, 6.45) is 0.799. The standard InChI is InChI=1S/C9H4O7S/c10-2-5-1-8-9(16-17(13,14)15-8)7(4-12)6(5)3-11/h1-4H. The van der Waals surface area contributed by atoms with Crippen molar-refractivity contribution in [2.24, 2.45) is 0 Å². The van der Waals surface area contributed by atoms with E-state index in [1.165, 1.54) is 0 Å². The van der Waals surface area contributed by atoms with Gasteiger partial charge in [-0.05, 0) is 6.07 Å². The molecular formula is C9H4O7S. The summed E-state index contributed by atoms with van der Waals surface area (Å²) in [7, 11) is -4.28. The van der Waals surface area contributed by atoms with Crippen molar-refractivity contribution in [1.82, 2.24) is 0 Å². The van der Waals surface area contributed by atoms with Gasteiger partial charge >= 0.3 is 10.4 Å². The van der Waals surface area contributed by atoms with Crippen molar-refractivity contribution in [2.45, 2.75) is 0 Å². The molecule has 88 valence electrons. The van der Waals surface area contributed by atoms with Crippen LogP contribution in [0.4, 0.5) is 0 Å². The highest BCUT2D eigenvalue weighted by molar-refractivity contribution is 7.82. The van der Waals surface area contributed by atoms with Gasteiger partial charge in [-0.3, -0.25) is 14.4 Å². The topological polar surface area (TPSA) is 104 Å². The molecule has 0 fully saturated rings. The Balaban J connectivity index is 2.81. The lowest BCUT2D eigenvalue weighted by Crippen LogP contribution is -2.08. The molecule has 1 aliphatic rings. The van der Waals surface area contributed by atoms with Crippen LogP contribution in [0.1, 0.15) is 31.1 Å². The van der Waals surface area contributed by atoms with Gasteiger partial charge in [-0.15, -0.1) is 8.42 Å². The quantitative estimate of drug-likeness (QED) is 0.708. The van der Waals surface area contributed by atoms with E-state index in [9.17, 15) is 22.8 Å². The molecule has 7 nitrogen and oxygen atoms in total. The number of carbonyl (C=O) groups excluding carboxylic acids is 3. The van der Waals surface area contributed by atoms with Crippen LogP contribution in [0.2, 0.25) is 0 Å². The van der Waals surface area contributed by atoms with Gasteiger partial charge < -0.3 is 8.37 Å². The number of fused-ring (bicyclic) bond motifs is 1. The van der Waals surface area contributed by atoms with Gasteiger partial charge in [-0.2, -0.15) is 0 Å². The van der Waals surface area contributed by atoms with Crippen LogP contribution in [0.15, 0.2) is 6.07 Å². The van der Waals surface area contributed by atoms with Crippen molar-refractivity contribution in [3.8, 4) is 11.5 Å². The van der Waals surface area contributed by atoms with E-state index >= 15 is 0 Å². The zero-order valence-corrected chi connectivity index (χ0v) is 8.89. The van der Waals surface area contributed by atoms with Crippen LogP contribution >= 0.6 is 0 Å². The predicted molar refractivity (Wildman–Crippen MR) is 52.8 cm³/mol. The molecule has 8 heteroatoms. The summed E-state index contributed by atoms with van der Waals surface area (Å²) in [5, 5.41) is 0. The van der Waals surface area contributed by atoms with E-state index in [1.54, 1.807) is 0 Å². The maximum Gasteiger partial charge on any atom is 0.501 e. The smallest absolute Gasteiger partial charge is 0.349 e. The fraction of sp³-hybridized carbons (Fsp3) is 0. The first-order chi connectivity index (χ1) is 8.02. The highest BCUT2D eigenvalue weighted by Crippen LogP contribution is 2.40. The average molecular weight is 256 g/mol. The summed E-state index contributed by atoms with van der Waals surface area (Å²) in [4.78, 5) is 32.3. The third kappa shape index (κ3) is 1.68. The van der Waals surface area contributed by atoms with Crippen LogP contribution < -0.4 is 8.37 Å². The van der Waals surface area contributed by atoms with Crippen molar-refractivity contribution >= 4 is 29.3 Å². The first-order valence-corrected chi connectivity index (χ1v) is 5.56. The molecule has 0 aliphatic carbocycles. The SMILES string of the molecule is O=Cc1cc2c(c(C=O)c1C=O)OS(=O)(=O)O2. The molecule has 0 saturated carbocycles. The molecule has 0 atom stereocenters. The lowest BCUT2D eigenvalue weighted by Gasteiger charge is -2.03. The maximum atomic E-state index is 11.0. The Kier molecular flexibility index (Phi) is 2.43. The van der Waals surface area contributed by atoms with Crippen LogP contribution in [-0.4, -0.2) is 27.3 Å². The average Bonchev–Trinajstić information content (AvgIpc) is 2.59. The maximum absolute atomic E-state index is 11.0. The fourth-order valence-corrected chi connectivity index (χ4v) is 2.17. The van der Waals surface area contributed by atoms with E-state index in [1.807, 2.05) is 0 Å². The zero-order chi connectivity index (χ0) is 12.6. The summed E-state index contributed by atoms with van der Waals surface area (Å²) < 4.78 is 30.8. The Labute approximate surface area is 95.3 Å². The predicted octanol–water partition coefficient (Wildman–Crippen LogP) is 0.140. The third-order valence-corrected chi connectivity index (χ3v) is 2.85. The van der Waals surface area contributed by atoms with E-state index in [0.29, 0.717) is 6.29 Å². The summed E-state index contributed by atoms with van der Waals surface area (Å²) in [6, 6.07) is 1.02. The van der Waals surface area contributed by atoms with E-state index in [-0.39, 0.29) is 40.8 Å². The second kappa shape index (κ2) is 3.67. The van der Waals surface area contributed by atoms with Gasteiger partial charge in [0.1, 0.15) is 0 Å². The van der Waals surface area contributed by atoms with Crippen molar-refractivity contribution in [1.29, 1.82) is 0 Å². The van der Waals surface area contributed by atoms with Crippen LogP contribution in [0.3, 0.4) is 0 Å². The largest absolute Gasteiger partial charge is 0.501 e. The van der Waals surface area contributed by atoms with E-state index in [0.717, 1.165) is 6.07 Å². The number of carbonyl (C=O) groups is 3. The monoisotopic (exact) mass is 256 g/mol. The van der Waals surface area contributed by atoms with Crippen molar-refractivity contribution in [2.75, 3.05) is 0 Å². The first-order valence-electron chi connectivity index (χ1n) is 4.23. The minimum atomic E-state index is -4.28. The highest BCUT2D eigenvalue weighted by atomic mass is 32.3. The molecule has 0 spiro atoms. The van der Waals surface area contributed by atoms with Gasteiger partial charge in [0.15, 0.2) is 24.6 Å². The van der Waals surface area contributed by atoms with Gasteiger partial charge in [0, 0.05) is 11.1 Å². The Hall–Kier alpha value is -2.22. The number of aldehydes is 3. The molecule has 2 rings (SSSR count). The van der Waals surface area contributed by atoms with E-state index in [4.69, 9.17) is 0 Å². The first kappa shape index (κ1) is 11.3. The van der Waals surface area contributed by atoms with Gasteiger partial charge in [0.2, 0.25) is 5.75 Å². The lowest BCUT2D eigenvalue weighted by atomic mass is 10.0. The lowest BCUT2D eigenvalue weighted by molar-refractivity contribution is 0.108. The van der Waals surface area contributed by atoms with Crippen molar-refractivity contribution in [3.63, 3.8) is 0 Å². The molecule has 0 bridgehead atoms. The van der Waals surface area contributed by atoms with Crippen molar-refractivity contribution in [3.05, 3.63) is 22.8 Å². The minimum Gasteiger partial charge on any atom is -0.349 e. The highest BCUT2D eigenvalue weighted by Gasteiger charge is 2.33.